The summed E-state index contributed by atoms with van der Waals surface area (Å²) in [6.07, 6.45) is 2.81. The zero-order chi connectivity index (χ0) is 11.5. The number of hydrogen-bond acceptors (Lipinski definition) is 2. The molecule has 84 valence electrons. The molecule has 3 nitrogen and oxygen atoms in total. The number of imidazole rings is 1. The van der Waals surface area contributed by atoms with Crippen LogP contribution in [0.25, 0.3) is 5.69 Å². The molecule has 2 rings (SSSR count). The van der Waals surface area contributed by atoms with E-state index < -0.39 is 0 Å². The first-order valence-electron chi connectivity index (χ1n) is 5.21. The van der Waals surface area contributed by atoms with Crippen LogP contribution < -0.4 is 5.73 Å². The second kappa shape index (κ2) is 4.68. The summed E-state index contributed by atoms with van der Waals surface area (Å²) in [6, 6.07) is 7.72. The van der Waals surface area contributed by atoms with E-state index in [-0.39, 0.29) is 0 Å². The van der Waals surface area contributed by atoms with Crippen molar-refractivity contribution in [2.75, 3.05) is 6.54 Å². The zero-order valence-corrected chi connectivity index (χ0v) is 9.91. The van der Waals surface area contributed by atoms with Crippen molar-refractivity contribution in [3.8, 4) is 5.69 Å². The molecule has 0 amide bonds. The van der Waals surface area contributed by atoms with Crippen LogP contribution in [0.2, 0.25) is 5.02 Å². The van der Waals surface area contributed by atoms with Crippen LogP contribution in [0.15, 0.2) is 30.5 Å². The van der Waals surface area contributed by atoms with E-state index >= 15 is 0 Å². The van der Waals surface area contributed by atoms with Crippen molar-refractivity contribution in [2.45, 2.75) is 13.3 Å². The first-order valence-corrected chi connectivity index (χ1v) is 5.59. The summed E-state index contributed by atoms with van der Waals surface area (Å²) in [5.41, 5.74) is 7.55. The van der Waals surface area contributed by atoms with Gasteiger partial charge in [-0.25, -0.2) is 4.98 Å². The van der Waals surface area contributed by atoms with Gasteiger partial charge in [-0.05, 0) is 31.7 Å². The molecule has 0 unspecified atom stereocenters. The van der Waals surface area contributed by atoms with Gasteiger partial charge in [-0.3, -0.25) is 0 Å². The van der Waals surface area contributed by atoms with E-state index in [1.807, 2.05) is 42.0 Å². The molecular weight excluding hydrogens is 222 g/mol. The van der Waals surface area contributed by atoms with Crippen LogP contribution in [0, 0.1) is 6.92 Å². The number of aromatic nitrogens is 2. The minimum atomic E-state index is 0.617. The van der Waals surface area contributed by atoms with Gasteiger partial charge in [0.05, 0.1) is 5.69 Å². The van der Waals surface area contributed by atoms with Gasteiger partial charge in [0.2, 0.25) is 0 Å². The second-order valence-electron chi connectivity index (χ2n) is 3.67. The summed E-state index contributed by atoms with van der Waals surface area (Å²) in [5, 5.41) is 0.728. The highest BCUT2D eigenvalue weighted by Crippen LogP contribution is 2.17. The van der Waals surface area contributed by atoms with Crippen LogP contribution in [-0.4, -0.2) is 16.1 Å². The van der Waals surface area contributed by atoms with Crippen LogP contribution in [0.5, 0.6) is 0 Å². The van der Waals surface area contributed by atoms with Crippen LogP contribution in [0.3, 0.4) is 0 Å². The Balaban J connectivity index is 2.40. The van der Waals surface area contributed by atoms with Gasteiger partial charge >= 0.3 is 0 Å². The number of aryl methyl sites for hydroxylation is 1. The average molecular weight is 236 g/mol. The van der Waals surface area contributed by atoms with E-state index in [0.29, 0.717) is 6.54 Å². The molecular formula is C12H14ClN3. The molecule has 1 aromatic carbocycles. The summed E-state index contributed by atoms with van der Waals surface area (Å²) in [6.45, 7) is 2.59. The van der Waals surface area contributed by atoms with Crippen LogP contribution >= 0.6 is 11.6 Å². The maximum absolute atomic E-state index is 5.96. The summed E-state index contributed by atoms with van der Waals surface area (Å²) in [4.78, 5) is 4.45. The molecule has 2 N–H and O–H groups in total. The SMILES string of the molecule is Cc1nc(CCN)cn1-c1cccc(Cl)c1. The highest BCUT2D eigenvalue weighted by atomic mass is 35.5. The maximum atomic E-state index is 5.96. The van der Waals surface area contributed by atoms with Gasteiger partial charge in [0, 0.05) is 23.3 Å². The van der Waals surface area contributed by atoms with Crippen LogP contribution in [-0.2, 0) is 6.42 Å². The van der Waals surface area contributed by atoms with E-state index in [4.69, 9.17) is 17.3 Å². The fourth-order valence-corrected chi connectivity index (χ4v) is 1.87. The number of rotatable bonds is 3. The van der Waals surface area contributed by atoms with Crippen LogP contribution in [0.1, 0.15) is 11.5 Å². The lowest BCUT2D eigenvalue weighted by atomic mass is 10.3. The van der Waals surface area contributed by atoms with Gasteiger partial charge in [-0.2, -0.15) is 0 Å². The van der Waals surface area contributed by atoms with Gasteiger partial charge in [0.1, 0.15) is 5.82 Å². The fourth-order valence-electron chi connectivity index (χ4n) is 1.69. The topological polar surface area (TPSA) is 43.8 Å². The Kier molecular flexibility index (Phi) is 3.27. The van der Waals surface area contributed by atoms with Gasteiger partial charge in [0.25, 0.3) is 0 Å². The molecule has 0 aliphatic heterocycles. The third-order valence-electron chi connectivity index (χ3n) is 2.42. The monoisotopic (exact) mass is 235 g/mol. The maximum Gasteiger partial charge on any atom is 0.110 e. The lowest BCUT2D eigenvalue weighted by Gasteiger charge is -2.04. The Labute approximate surface area is 99.9 Å². The summed E-state index contributed by atoms with van der Waals surface area (Å²) in [7, 11) is 0. The molecule has 1 aromatic heterocycles. The van der Waals surface area contributed by atoms with Crippen molar-refractivity contribution >= 4 is 11.6 Å². The van der Waals surface area contributed by atoms with Crippen LogP contribution in [0.4, 0.5) is 0 Å². The first-order chi connectivity index (χ1) is 7.70. The number of nitrogens with two attached hydrogens (primary N) is 1. The molecule has 4 heteroatoms. The number of benzene rings is 1. The molecule has 0 aliphatic rings. The third kappa shape index (κ3) is 2.26. The van der Waals surface area contributed by atoms with Crippen molar-refractivity contribution < 1.29 is 0 Å². The summed E-state index contributed by atoms with van der Waals surface area (Å²) >= 11 is 5.96. The Morgan fingerprint density at radius 3 is 2.94 bits per heavy atom. The normalized spacial score (nSPS) is 10.7. The molecule has 0 spiro atoms. The Morgan fingerprint density at radius 2 is 2.25 bits per heavy atom. The van der Waals surface area contributed by atoms with Crippen molar-refractivity contribution in [2.24, 2.45) is 5.73 Å². The smallest absolute Gasteiger partial charge is 0.110 e. The Hall–Kier alpha value is -1.32. The van der Waals surface area contributed by atoms with Gasteiger partial charge in [0.15, 0.2) is 0 Å². The molecule has 0 bridgehead atoms. The van der Waals surface area contributed by atoms with Crippen molar-refractivity contribution in [3.63, 3.8) is 0 Å². The van der Waals surface area contributed by atoms with Gasteiger partial charge in [-0.15, -0.1) is 0 Å². The molecule has 0 atom stereocenters. The van der Waals surface area contributed by atoms with Gasteiger partial charge in [-0.1, -0.05) is 17.7 Å². The molecule has 0 fully saturated rings. The van der Waals surface area contributed by atoms with Crippen molar-refractivity contribution in [3.05, 3.63) is 47.0 Å². The Bertz CT molecular complexity index is 491. The largest absolute Gasteiger partial charge is 0.330 e. The lowest BCUT2D eigenvalue weighted by molar-refractivity contribution is 0.928. The standard InChI is InChI=1S/C12H14ClN3/c1-9-15-11(5-6-14)8-16(9)12-4-2-3-10(13)7-12/h2-4,7-8H,5-6,14H2,1H3. The first kappa shape index (κ1) is 11.2. The number of nitrogens with zero attached hydrogens (tertiary/aromatic N) is 2. The minimum absolute atomic E-state index is 0.617. The third-order valence-corrected chi connectivity index (χ3v) is 2.65. The average Bonchev–Trinajstić information content (AvgIpc) is 2.60. The molecule has 0 radical (unpaired) electrons. The zero-order valence-electron chi connectivity index (χ0n) is 9.15. The van der Waals surface area contributed by atoms with E-state index in [2.05, 4.69) is 4.98 Å². The summed E-state index contributed by atoms with van der Waals surface area (Å²) < 4.78 is 2.02. The summed E-state index contributed by atoms with van der Waals surface area (Å²) in [5.74, 6) is 0.950. The highest BCUT2D eigenvalue weighted by Gasteiger charge is 2.05. The quantitative estimate of drug-likeness (QED) is 0.888. The lowest BCUT2D eigenvalue weighted by Crippen LogP contribution is -2.02. The number of halogens is 1. The number of hydrogen-bond donors (Lipinski definition) is 1. The molecule has 0 aliphatic carbocycles. The van der Waals surface area contributed by atoms with Crippen molar-refractivity contribution in [1.29, 1.82) is 0 Å². The van der Waals surface area contributed by atoms with E-state index in [9.17, 15) is 0 Å². The minimum Gasteiger partial charge on any atom is -0.330 e. The predicted molar refractivity (Wildman–Crippen MR) is 66.1 cm³/mol. The van der Waals surface area contributed by atoms with E-state index in [1.165, 1.54) is 0 Å². The molecule has 16 heavy (non-hydrogen) atoms. The molecule has 0 saturated carbocycles. The molecule has 1 heterocycles. The highest BCUT2D eigenvalue weighted by molar-refractivity contribution is 6.30. The molecule has 0 saturated heterocycles. The van der Waals surface area contributed by atoms with E-state index in [0.717, 1.165) is 28.6 Å². The second-order valence-corrected chi connectivity index (χ2v) is 4.10. The fraction of sp³-hybridized carbons (Fsp3) is 0.250. The van der Waals surface area contributed by atoms with E-state index in [1.54, 1.807) is 0 Å². The molecule has 2 aromatic rings. The van der Waals surface area contributed by atoms with Crippen molar-refractivity contribution in [1.82, 2.24) is 9.55 Å². The Morgan fingerprint density at radius 1 is 1.44 bits per heavy atom. The predicted octanol–water partition coefficient (Wildman–Crippen LogP) is 2.34. The van der Waals surface area contributed by atoms with Gasteiger partial charge < -0.3 is 10.3 Å².